The minimum absolute atomic E-state index is 0.0578. The van der Waals surface area contributed by atoms with E-state index in [1.165, 1.54) is 18.2 Å². The third kappa shape index (κ3) is 2.34. The molecule has 0 bridgehead atoms. The first-order valence-electron chi connectivity index (χ1n) is 7.76. The molecular weight excluding hydrogens is 417 g/mol. The third-order valence-corrected chi connectivity index (χ3v) is 5.68. The first-order valence-corrected chi connectivity index (χ1v) is 8.84. The molecular formula is C19H16INO3. The smallest absolute Gasteiger partial charge is 0.234 e. The molecule has 5 heteroatoms. The van der Waals surface area contributed by atoms with E-state index in [2.05, 4.69) is 51.6 Å². The van der Waals surface area contributed by atoms with Crippen molar-refractivity contribution in [3.63, 3.8) is 0 Å². The number of fused-ring (bicyclic) bond motifs is 4. The van der Waals surface area contributed by atoms with E-state index in [4.69, 9.17) is 4.74 Å². The second-order valence-electron chi connectivity index (χ2n) is 5.98. The van der Waals surface area contributed by atoms with Crippen molar-refractivity contribution in [2.45, 2.75) is 19.6 Å². The van der Waals surface area contributed by atoms with Gasteiger partial charge in [0, 0.05) is 35.1 Å². The highest BCUT2D eigenvalue weighted by Crippen LogP contribution is 2.36. The predicted molar refractivity (Wildman–Crippen MR) is 102 cm³/mol. The first kappa shape index (κ1) is 15.7. The molecule has 122 valence electrons. The number of rotatable bonds is 2. The van der Waals surface area contributed by atoms with E-state index in [0.717, 1.165) is 35.3 Å². The largest absolute Gasteiger partial charge is 0.493 e. The highest BCUT2D eigenvalue weighted by molar-refractivity contribution is 14.1. The van der Waals surface area contributed by atoms with Gasteiger partial charge in [0.25, 0.3) is 0 Å². The van der Waals surface area contributed by atoms with Crippen LogP contribution in [0, 0.1) is 3.57 Å². The Hall–Kier alpha value is -1.86. The summed E-state index contributed by atoms with van der Waals surface area (Å²) in [5.41, 5.74) is 6.34. The van der Waals surface area contributed by atoms with Crippen molar-refractivity contribution >= 4 is 22.6 Å². The van der Waals surface area contributed by atoms with Crippen LogP contribution in [0.3, 0.4) is 0 Å². The minimum atomic E-state index is -0.0674. The summed E-state index contributed by atoms with van der Waals surface area (Å²) in [7, 11) is 1.53. The van der Waals surface area contributed by atoms with Gasteiger partial charge < -0.3 is 14.4 Å². The summed E-state index contributed by atoms with van der Waals surface area (Å²) in [6.45, 7) is 0.938. The standard InChI is InChI=1S/C19H16INO3/c1-24-17-7-13-9-21-5-4-12-6-11(10-22)2-3-14(12)16(21)8-15(13)18(20)19(17)23/h2-3,6-9,22H,4-5,10H2,1H3. The molecule has 0 saturated heterocycles. The lowest BCUT2D eigenvalue weighted by atomic mass is 9.93. The van der Waals surface area contributed by atoms with Gasteiger partial charge in [0.05, 0.1) is 17.3 Å². The van der Waals surface area contributed by atoms with Crippen LogP contribution in [-0.2, 0) is 19.6 Å². The number of aromatic nitrogens is 1. The van der Waals surface area contributed by atoms with Gasteiger partial charge in [-0.2, -0.15) is 0 Å². The molecule has 0 spiro atoms. The molecule has 4 rings (SSSR count). The fourth-order valence-corrected chi connectivity index (χ4v) is 4.10. The van der Waals surface area contributed by atoms with Gasteiger partial charge in [0.15, 0.2) is 5.75 Å². The molecule has 2 heterocycles. The molecule has 1 aromatic rings. The number of ether oxygens (including phenoxy) is 1. The summed E-state index contributed by atoms with van der Waals surface area (Å²) >= 11 is 2.10. The van der Waals surface area contributed by atoms with Crippen LogP contribution >= 0.6 is 22.6 Å². The maximum Gasteiger partial charge on any atom is 0.234 e. The molecule has 0 saturated carbocycles. The fourth-order valence-electron chi connectivity index (χ4n) is 3.36. The van der Waals surface area contributed by atoms with Gasteiger partial charge in [0.2, 0.25) is 5.43 Å². The zero-order valence-corrected chi connectivity index (χ0v) is 15.3. The van der Waals surface area contributed by atoms with Gasteiger partial charge in [-0.3, -0.25) is 4.79 Å². The highest BCUT2D eigenvalue weighted by atomic mass is 127. The number of methoxy groups -OCH3 is 1. The van der Waals surface area contributed by atoms with Crippen LogP contribution in [0.15, 0.2) is 41.3 Å². The predicted octanol–water partition coefficient (Wildman–Crippen LogP) is 3.28. The average molecular weight is 433 g/mol. The second kappa shape index (κ2) is 5.89. The summed E-state index contributed by atoms with van der Waals surface area (Å²) in [5, 5.41) is 9.34. The van der Waals surface area contributed by atoms with Crippen molar-refractivity contribution in [1.29, 1.82) is 0 Å². The second-order valence-corrected chi connectivity index (χ2v) is 7.06. The number of nitrogens with zero attached hydrogens (tertiary/aromatic N) is 1. The Kier molecular flexibility index (Phi) is 3.85. The van der Waals surface area contributed by atoms with E-state index in [9.17, 15) is 9.90 Å². The Labute approximate surface area is 153 Å². The first-order chi connectivity index (χ1) is 11.6. The average Bonchev–Trinajstić information content (AvgIpc) is 2.62. The zero-order chi connectivity index (χ0) is 16.8. The van der Waals surface area contributed by atoms with Crippen molar-refractivity contribution in [1.82, 2.24) is 4.57 Å². The molecule has 0 fully saturated rings. The summed E-state index contributed by atoms with van der Waals surface area (Å²) < 4.78 is 8.12. The Bertz CT molecular complexity index is 977. The van der Waals surface area contributed by atoms with Crippen molar-refractivity contribution in [2.75, 3.05) is 7.11 Å². The lowest BCUT2D eigenvalue weighted by Gasteiger charge is -2.25. The van der Waals surface area contributed by atoms with Gasteiger partial charge >= 0.3 is 0 Å². The number of aryl methyl sites for hydroxylation is 2. The lowest BCUT2D eigenvalue weighted by molar-refractivity contribution is 0.281. The van der Waals surface area contributed by atoms with Gasteiger partial charge in [-0.1, -0.05) is 18.2 Å². The van der Waals surface area contributed by atoms with Crippen LogP contribution in [0.4, 0.5) is 0 Å². The normalized spacial score (nSPS) is 12.8. The quantitative estimate of drug-likeness (QED) is 0.632. The van der Waals surface area contributed by atoms with Gasteiger partial charge in [0.1, 0.15) is 0 Å². The SMILES string of the molecule is COc1cc2cn3c(cc-2c(I)c1=O)-c1ccc(CO)cc1CC3. The Morgan fingerprint density at radius 2 is 2.08 bits per heavy atom. The van der Waals surface area contributed by atoms with E-state index >= 15 is 0 Å². The van der Waals surface area contributed by atoms with Crippen molar-refractivity contribution in [2.24, 2.45) is 0 Å². The summed E-state index contributed by atoms with van der Waals surface area (Å²) in [4.78, 5) is 12.3. The topological polar surface area (TPSA) is 51.5 Å². The van der Waals surface area contributed by atoms with Crippen LogP contribution in [0.2, 0.25) is 0 Å². The molecule has 2 aliphatic heterocycles. The van der Waals surface area contributed by atoms with E-state index in [1.54, 1.807) is 0 Å². The molecule has 1 N–H and O–H groups in total. The minimum Gasteiger partial charge on any atom is -0.493 e. The van der Waals surface area contributed by atoms with Gasteiger partial charge in [-0.05, 0) is 52.3 Å². The number of halogens is 1. The Balaban J connectivity index is 1.99. The van der Waals surface area contributed by atoms with Crippen LogP contribution in [0.25, 0.3) is 22.4 Å². The summed E-state index contributed by atoms with van der Waals surface area (Å²) in [6.07, 6.45) is 3.03. The molecule has 24 heavy (non-hydrogen) atoms. The molecule has 0 radical (unpaired) electrons. The maximum absolute atomic E-state index is 12.3. The van der Waals surface area contributed by atoms with Gasteiger partial charge in [-0.25, -0.2) is 0 Å². The molecule has 3 aliphatic rings. The molecule has 1 aliphatic carbocycles. The summed E-state index contributed by atoms with van der Waals surface area (Å²) in [5.74, 6) is 0.385. The molecule has 0 amide bonds. The third-order valence-electron chi connectivity index (χ3n) is 4.61. The molecule has 1 aromatic carbocycles. The molecule has 4 nitrogen and oxygen atoms in total. The molecule has 0 aromatic heterocycles. The lowest BCUT2D eigenvalue weighted by Crippen LogP contribution is -2.16. The number of aliphatic hydroxyl groups is 1. The van der Waals surface area contributed by atoms with Gasteiger partial charge in [-0.15, -0.1) is 0 Å². The van der Waals surface area contributed by atoms with Crippen molar-refractivity contribution in [3.05, 3.63) is 61.4 Å². The van der Waals surface area contributed by atoms with Crippen molar-refractivity contribution in [3.8, 4) is 28.1 Å². The van der Waals surface area contributed by atoms with Crippen LogP contribution in [0.5, 0.6) is 5.75 Å². The number of aliphatic hydroxyl groups excluding tert-OH is 1. The number of hydrogen-bond acceptors (Lipinski definition) is 3. The number of pyridine rings is 1. The highest BCUT2D eigenvalue weighted by Gasteiger charge is 2.21. The Morgan fingerprint density at radius 1 is 1.25 bits per heavy atom. The Morgan fingerprint density at radius 3 is 2.83 bits per heavy atom. The van der Waals surface area contributed by atoms with E-state index < -0.39 is 0 Å². The fraction of sp³-hybridized carbons (Fsp3) is 0.211. The van der Waals surface area contributed by atoms with Crippen LogP contribution in [0.1, 0.15) is 11.1 Å². The maximum atomic E-state index is 12.3. The zero-order valence-electron chi connectivity index (χ0n) is 13.2. The summed E-state index contributed by atoms with van der Waals surface area (Å²) in [6, 6.07) is 10.00. The van der Waals surface area contributed by atoms with E-state index in [1.807, 2.05) is 12.1 Å². The van der Waals surface area contributed by atoms with E-state index in [0.29, 0.717) is 9.32 Å². The molecule has 0 unspecified atom stereocenters. The molecule has 0 atom stereocenters. The van der Waals surface area contributed by atoms with Crippen molar-refractivity contribution < 1.29 is 9.84 Å². The van der Waals surface area contributed by atoms with Crippen LogP contribution in [-0.4, -0.2) is 16.8 Å². The number of benzene rings is 2. The number of hydrogen-bond donors (Lipinski definition) is 1. The monoisotopic (exact) mass is 433 g/mol. The van der Waals surface area contributed by atoms with E-state index in [-0.39, 0.29) is 12.0 Å². The van der Waals surface area contributed by atoms with Crippen LogP contribution < -0.4 is 10.2 Å².